The minimum Gasteiger partial charge on any atom is -0.411 e. The second kappa shape index (κ2) is 10.3. The molecule has 0 rings (SSSR count). The molecule has 0 aliphatic heterocycles. The third kappa shape index (κ3) is 8.56. The average molecular weight is 211 g/mol. The summed E-state index contributed by atoms with van der Waals surface area (Å²) in [6.07, 6.45) is 7.16. The summed E-state index contributed by atoms with van der Waals surface area (Å²) in [7, 11) is 0. The lowest BCUT2D eigenvalue weighted by Crippen LogP contribution is -2.05. The van der Waals surface area contributed by atoms with Crippen LogP contribution in [0.5, 0.6) is 0 Å². The predicted molar refractivity (Wildman–Crippen MR) is 53.6 cm³/mol. The smallest absolute Gasteiger partial charge is 0.235 e. The molecule has 0 saturated carbocycles. The second-order valence-electron chi connectivity index (χ2n) is 2.87. The Kier molecular flexibility index (Phi) is 9.09. The number of unbranched alkanes of at least 4 members (excludes halogenated alkanes) is 2. The van der Waals surface area contributed by atoms with Gasteiger partial charge in [0.1, 0.15) is 6.04 Å². The van der Waals surface area contributed by atoms with Crippen LogP contribution in [0.4, 0.5) is 0 Å². The molecule has 0 bridgehead atoms. The number of carbonyl (C=O) groups excluding carboxylic acids is 2. The summed E-state index contributed by atoms with van der Waals surface area (Å²) in [4.78, 5) is 26.5. The van der Waals surface area contributed by atoms with E-state index in [-0.39, 0.29) is 0 Å². The molecule has 0 aromatic heterocycles. The van der Waals surface area contributed by atoms with Crippen LogP contribution < -0.4 is 0 Å². The summed E-state index contributed by atoms with van der Waals surface area (Å²) in [6, 6.07) is -0.415. The van der Waals surface area contributed by atoms with Crippen molar-refractivity contribution in [1.82, 2.24) is 0 Å². The van der Waals surface area contributed by atoms with Gasteiger partial charge >= 0.3 is 0 Å². The van der Waals surface area contributed by atoms with Crippen LogP contribution in [0.25, 0.3) is 0 Å². The molecular formula is C9H13N3O3. The molecule has 1 atom stereocenters. The zero-order chi connectivity index (χ0) is 11.4. The van der Waals surface area contributed by atoms with Crippen molar-refractivity contribution in [2.24, 2.45) is 15.1 Å². The second-order valence-corrected chi connectivity index (χ2v) is 2.87. The predicted octanol–water partition coefficient (Wildman–Crippen LogP) is 1.05. The van der Waals surface area contributed by atoms with Crippen molar-refractivity contribution in [2.45, 2.75) is 31.7 Å². The molecule has 0 aromatic carbocycles. The molecule has 0 aliphatic rings. The fourth-order valence-electron chi connectivity index (χ4n) is 1.08. The summed E-state index contributed by atoms with van der Waals surface area (Å²) in [5, 5.41) is 11.1. The largest absolute Gasteiger partial charge is 0.411 e. The molecule has 0 aliphatic carbocycles. The van der Waals surface area contributed by atoms with Gasteiger partial charge in [0.2, 0.25) is 12.2 Å². The topological polar surface area (TPSA) is 91.4 Å². The van der Waals surface area contributed by atoms with E-state index in [4.69, 9.17) is 5.21 Å². The van der Waals surface area contributed by atoms with Crippen molar-refractivity contribution in [3.05, 3.63) is 0 Å². The van der Waals surface area contributed by atoms with E-state index in [1.54, 1.807) is 0 Å². The van der Waals surface area contributed by atoms with Gasteiger partial charge in [-0.1, -0.05) is 18.0 Å². The van der Waals surface area contributed by atoms with Gasteiger partial charge in [-0.05, 0) is 12.8 Å². The van der Waals surface area contributed by atoms with Crippen LogP contribution in [0.3, 0.4) is 0 Å². The molecule has 1 N–H and O–H groups in total. The first-order valence-electron chi connectivity index (χ1n) is 4.63. The summed E-state index contributed by atoms with van der Waals surface area (Å²) < 4.78 is 0. The molecule has 0 radical (unpaired) electrons. The van der Waals surface area contributed by atoms with Gasteiger partial charge in [-0.2, -0.15) is 4.99 Å². The van der Waals surface area contributed by atoms with Crippen LogP contribution in [0.2, 0.25) is 0 Å². The first-order valence-corrected chi connectivity index (χ1v) is 4.63. The van der Waals surface area contributed by atoms with Gasteiger partial charge < -0.3 is 5.21 Å². The lowest BCUT2D eigenvalue weighted by atomic mass is 10.1. The first-order chi connectivity index (χ1) is 7.35. The number of oxime groups is 1. The highest BCUT2D eigenvalue weighted by Crippen LogP contribution is 2.05. The van der Waals surface area contributed by atoms with E-state index in [0.29, 0.717) is 13.0 Å². The maximum Gasteiger partial charge on any atom is 0.235 e. The lowest BCUT2D eigenvalue weighted by Gasteiger charge is -2.02. The summed E-state index contributed by atoms with van der Waals surface area (Å²) in [5.74, 6) is 0. The fourth-order valence-corrected chi connectivity index (χ4v) is 1.08. The normalized spacial score (nSPS) is 11.7. The van der Waals surface area contributed by atoms with Gasteiger partial charge in [0.15, 0.2) is 0 Å². The molecule has 0 saturated heterocycles. The molecule has 0 fully saturated rings. The van der Waals surface area contributed by atoms with Crippen LogP contribution in [0.1, 0.15) is 25.7 Å². The summed E-state index contributed by atoms with van der Waals surface area (Å²) in [5.41, 5.74) is 0. The highest BCUT2D eigenvalue weighted by molar-refractivity contribution is 5.65. The Morgan fingerprint density at radius 1 is 1.20 bits per heavy atom. The molecule has 0 spiro atoms. The molecule has 1 unspecified atom stereocenters. The van der Waals surface area contributed by atoms with Gasteiger partial charge in [0.05, 0.1) is 12.8 Å². The zero-order valence-corrected chi connectivity index (χ0v) is 8.30. The number of rotatable bonds is 8. The lowest BCUT2D eigenvalue weighted by molar-refractivity contribution is 0.319. The van der Waals surface area contributed by atoms with E-state index in [1.165, 1.54) is 18.4 Å². The van der Waals surface area contributed by atoms with Crippen molar-refractivity contribution < 1.29 is 14.8 Å². The molecule has 6 heteroatoms. The number of isocyanates is 2. The summed E-state index contributed by atoms with van der Waals surface area (Å²) in [6.45, 7) is 0.471. The van der Waals surface area contributed by atoms with Crippen LogP contribution in [-0.2, 0) is 9.59 Å². The molecule has 0 heterocycles. The zero-order valence-electron chi connectivity index (χ0n) is 8.30. The van der Waals surface area contributed by atoms with Crippen molar-refractivity contribution in [1.29, 1.82) is 0 Å². The maximum absolute atomic E-state index is 9.97. The minimum absolute atomic E-state index is 0.415. The number of aliphatic imine (C=N–C) groups is 2. The van der Waals surface area contributed by atoms with Gasteiger partial charge in [-0.25, -0.2) is 14.6 Å². The monoisotopic (exact) mass is 211 g/mol. The number of nitrogens with zero attached hydrogens (tertiary/aromatic N) is 3. The van der Waals surface area contributed by atoms with Gasteiger partial charge in [0.25, 0.3) is 0 Å². The first kappa shape index (κ1) is 13.2. The Hall–Kier alpha value is -1.77. The molecule has 15 heavy (non-hydrogen) atoms. The van der Waals surface area contributed by atoms with Crippen molar-refractivity contribution in [3.63, 3.8) is 0 Å². The van der Waals surface area contributed by atoms with E-state index < -0.39 is 6.04 Å². The van der Waals surface area contributed by atoms with Crippen LogP contribution in [-0.4, -0.2) is 36.2 Å². The van der Waals surface area contributed by atoms with Crippen molar-refractivity contribution >= 4 is 18.4 Å². The number of hydrogen-bond donors (Lipinski definition) is 1. The molecule has 0 amide bonds. The SMILES string of the molecule is O=C=NCCCCCC(C=NO)N=C=O. The van der Waals surface area contributed by atoms with E-state index >= 15 is 0 Å². The van der Waals surface area contributed by atoms with Gasteiger partial charge in [0, 0.05) is 0 Å². The van der Waals surface area contributed by atoms with Crippen molar-refractivity contribution in [3.8, 4) is 0 Å². The van der Waals surface area contributed by atoms with Crippen molar-refractivity contribution in [2.75, 3.05) is 6.54 Å². The maximum atomic E-state index is 9.97. The van der Waals surface area contributed by atoms with Gasteiger partial charge in [-0.3, -0.25) is 0 Å². The quantitative estimate of drug-likeness (QED) is 0.214. The Labute approximate surface area is 87.4 Å². The molecular weight excluding hydrogens is 198 g/mol. The third-order valence-electron chi connectivity index (χ3n) is 1.79. The molecule has 6 nitrogen and oxygen atoms in total. The van der Waals surface area contributed by atoms with Crippen LogP contribution in [0, 0.1) is 0 Å². The minimum atomic E-state index is -0.415. The van der Waals surface area contributed by atoms with Crippen LogP contribution in [0.15, 0.2) is 15.1 Å². The molecule has 0 aromatic rings. The number of hydrogen-bond acceptors (Lipinski definition) is 6. The Morgan fingerprint density at radius 2 is 2.00 bits per heavy atom. The van der Waals surface area contributed by atoms with E-state index in [9.17, 15) is 9.59 Å². The Balaban J connectivity index is 3.62. The average Bonchev–Trinajstić information content (AvgIpc) is 2.24. The van der Waals surface area contributed by atoms with E-state index in [2.05, 4.69) is 15.1 Å². The standard InChI is InChI=1S/C9H13N3O3/c13-7-10-5-3-1-2-4-9(6-12-15)11-8-14/h6,9,15H,1-5H2. The van der Waals surface area contributed by atoms with Gasteiger partial charge in [-0.15, -0.1) is 0 Å². The van der Waals surface area contributed by atoms with E-state index in [0.717, 1.165) is 19.3 Å². The Bertz CT molecular complexity index is 278. The summed E-state index contributed by atoms with van der Waals surface area (Å²) >= 11 is 0. The highest BCUT2D eigenvalue weighted by atomic mass is 16.4. The van der Waals surface area contributed by atoms with E-state index in [1.807, 2.05) is 0 Å². The Morgan fingerprint density at radius 3 is 2.60 bits per heavy atom. The fraction of sp³-hybridized carbons (Fsp3) is 0.667. The third-order valence-corrected chi connectivity index (χ3v) is 1.79. The molecule has 82 valence electrons. The van der Waals surface area contributed by atoms with Crippen LogP contribution >= 0.6 is 0 Å². The highest BCUT2D eigenvalue weighted by Gasteiger charge is 2.02.